The molecule has 0 aliphatic carbocycles. The van der Waals surface area contributed by atoms with E-state index in [4.69, 9.17) is 5.73 Å². The number of pyridine rings is 1. The lowest BCUT2D eigenvalue weighted by Crippen LogP contribution is -1.95. The second-order valence-electron chi connectivity index (χ2n) is 1.68. The first-order chi connectivity index (χ1) is 4.70. The summed E-state index contributed by atoms with van der Waals surface area (Å²) < 4.78 is 0. The van der Waals surface area contributed by atoms with Crippen molar-refractivity contribution in [2.75, 3.05) is 5.73 Å². The van der Waals surface area contributed by atoms with Gasteiger partial charge < -0.3 is 15.8 Å². The van der Waals surface area contributed by atoms with Crippen LogP contribution in [0.2, 0.25) is 0 Å². The lowest BCUT2D eigenvalue weighted by molar-refractivity contribution is -0.389. The molecule has 10 heavy (non-hydrogen) atoms. The number of nitrogens with two attached hydrogens (primary N) is 1. The minimum absolute atomic E-state index is 0.161. The molecule has 0 atom stereocenters. The van der Waals surface area contributed by atoms with Crippen LogP contribution in [0.1, 0.15) is 0 Å². The van der Waals surface area contributed by atoms with Crippen LogP contribution < -0.4 is 5.73 Å². The van der Waals surface area contributed by atoms with Crippen molar-refractivity contribution in [3.05, 3.63) is 28.3 Å². The molecule has 1 aromatic rings. The van der Waals surface area contributed by atoms with Gasteiger partial charge in [-0.2, -0.15) is 0 Å². The molecule has 1 heterocycles. The molecule has 0 radical (unpaired) electrons. The quantitative estimate of drug-likeness (QED) is 0.455. The van der Waals surface area contributed by atoms with E-state index in [0.29, 0.717) is 0 Å². The Morgan fingerprint density at radius 2 is 2.30 bits per heavy atom. The molecule has 0 saturated heterocycles. The minimum Gasteiger partial charge on any atom is -0.363 e. The average molecular weight is 139 g/mol. The fraction of sp³-hybridized carbons (Fsp3) is 0. The average Bonchev–Trinajstić information content (AvgIpc) is 1.88. The van der Waals surface area contributed by atoms with E-state index in [0.717, 1.165) is 0 Å². The molecule has 5 heteroatoms. The SMILES string of the molecule is Nc1cccc([N+](=O)[O-])n1. The summed E-state index contributed by atoms with van der Waals surface area (Å²) in [4.78, 5) is 12.9. The highest BCUT2D eigenvalue weighted by atomic mass is 16.6. The first kappa shape index (κ1) is 6.47. The lowest BCUT2D eigenvalue weighted by atomic mass is 10.4. The van der Waals surface area contributed by atoms with Gasteiger partial charge in [0.15, 0.2) is 0 Å². The Labute approximate surface area is 56.6 Å². The highest BCUT2D eigenvalue weighted by molar-refractivity contribution is 5.33. The standard InChI is InChI=1S/C5H5N3O2/c6-4-2-1-3-5(7-4)8(9)10/h1-3H,(H2,6,7). The molecule has 0 amide bonds. The lowest BCUT2D eigenvalue weighted by Gasteiger charge is -1.89. The highest BCUT2D eigenvalue weighted by Gasteiger charge is 2.04. The van der Waals surface area contributed by atoms with E-state index in [9.17, 15) is 10.1 Å². The largest absolute Gasteiger partial charge is 0.365 e. The van der Waals surface area contributed by atoms with Crippen molar-refractivity contribution in [3.8, 4) is 0 Å². The Bertz CT molecular complexity index is 261. The molecule has 0 aromatic carbocycles. The second kappa shape index (κ2) is 2.30. The second-order valence-corrected chi connectivity index (χ2v) is 1.68. The Balaban J connectivity index is 3.07. The van der Waals surface area contributed by atoms with Crippen molar-refractivity contribution in [3.63, 3.8) is 0 Å². The predicted octanol–water partition coefficient (Wildman–Crippen LogP) is 0.572. The maximum atomic E-state index is 10.0. The number of nitro groups is 1. The van der Waals surface area contributed by atoms with Crippen molar-refractivity contribution in [1.82, 2.24) is 4.98 Å². The summed E-state index contributed by atoms with van der Waals surface area (Å²) in [6.07, 6.45) is 0. The normalized spacial score (nSPS) is 9.20. The van der Waals surface area contributed by atoms with Gasteiger partial charge in [-0.3, -0.25) is 0 Å². The van der Waals surface area contributed by atoms with Gasteiger partial charge >= 0.3 is 5.82 Å². The molecule has 0 fully saturated rings. The smallest absolute Gasteiger partial charge is 0.363 e. The summed E-state index contributed by atoms with van der Waals surface area (Å²) in [6, 6.07) is 4.27. The van der Waals surface area contributed by atoms with Crippen molar-refractivity contribution in [2.45, 2.75) is 0 Å². The predicted molar refractivity (Wildman–Crippen MR) is 35.3 cm³/mol. The summed E-state index contributed by atoms with van der Waals surface area (Å²) in [6.45, 7) is 0. The summed E-state index contributed by atoms with van der Waals surface area (Å²) in [7, 11) is 0. The van der Waals surface area contributed by atoms with E-state index in [-0.39, 0.29) is 11.6 Å². The van der Waals surface area contributed by atoms with Crippen LogP contribution in [-0.4, -0.2) is 9.91 Å². The zero-order valence-corrected chi connectivity index (χ0v) is 5.02. The van der Waals surface area contributed by atoms with Gasteiger partial charge in [0.25, 0.3) is 0 Å². The summed E-state index contributed by atoms with van der Waals surface area (Å²) in [5.74, 6) is -0.0609. The van der Waals surface area contributed by atoms with Crippen molar-refractivity contribution < 1.29 is 4.92 Å². The Kier molecular flexibility index (Phi) is 1.49. The van der Waals surface area contributed by atoms with Gasteiger partial charge in [0, 0.05) is 12.1 Å². The van der Waals surface area contributed by atoms with Crippen LogP contribution in [0.3, 0.4) is 0 Å². The molecule has 5 nitrogen and oxygen atoms in total. The number of hydrogen-bond donors (Lipinski definition) is 1. The van der Waals surface area contributed by atoms with Gasteiger partial charge in [-0.05, 0) is 16.0 Å². The maximum Gasteiger partial charge on any atom is 0.365 e. The van der Waals surface area contributed by atoms with Crippen LogP contribution in [0.5, 0.6) is 0 Å². The molecule has 1 rings (SSSR count). The van der Waals surface area contributed by atoms with Gasteiger partial charge in [0.05, 0.1) is 0 Å². The molecule has 0 bridgehead atoms. The van der Waals surface area contributed by atoms with E-state index in [1.54, 1.807) is 0 Å². The zero-order chi connectivity index (χ0) is 7.56. The van der Waals surface area contributed by atoms with Crippen molar-refractivity contribution >= 4 is 11.6 Å². The molecule has 0 saturated carbocycles. The molecule has 0 aliphatic heterocycles. The third-order valence-electron chi connectivity index (χ3n) is 0.943. The van der Waals surface area contributed by atoms with E-state index >= 15 is 0 Å². The Morgan fingerprint density at radius 3 is 2.70 bits per heavy atom. The van der Waals surface area contributed by atoms with Gasteiger partial charge in [-0.1, -0.05) is 0 Å². The number of aromatic nitrogens is 1. The topological polar surface area (TPSA) is 82.0 Å². The highest BCUT2D eigenvalue weighted by Crippen LogP contribution is 2.07. The first-order valence-corrected chi connectivity index (χ1v) is 2.57. The first-order valence-electron chi connectivity index (χ1n) is 2.57. The van der Waals surface area contributed by atoms with Gasteiger partial charge in [0.1, 0.15) is 0 Å². The maximum absolute atomic E-state index is 10.0. The van der Waals surface area contributed by atoms with Crippen LogP contribution in [0.25, 0.3) is 0 Å². The van der Waals surface area contributed by atoms with Gasteiger partial charge in [-0.15, -0.1) is 0 Å². The molecule has 1 aromatic heterocycles. The number of nitrogen functional groups attached to an aromatic ring is 1. The molecule has 2 N–H and O–H groups in total. The molecule has 0 spiro atoms. The van der Waals surface area contributed by atoms with E-state index in [1.807, 2.05) is 0 Å². The fourth-order valence-electron chi connectivity index (χ4n) is 0.541. The third kappa shape index (κ3) is 1.19. The number of rotatable bonds is 1. The summed E-state index contributed by atoms with van der Waals surface area (Å²) in [5, 5.41) is 10.0. The molecular formula is C5H5N3O2. The van der Waals surface area contributed by atoms with Gasteiger partial charge in [0.2, 0.25) is 5.82 Å². The molecule has 52 valence electrons. The van der Waals surface area contributed by atoms with Crippen LogP contribution in [0, 0.1) is 10.1 Å². The Hall–Kier alpha value is -1.65. The molecular weight excluding hydrogens is 134 g/mol. The monoisotopic (exact) mass is 139 g/mol. The van der Waals surface area contributed by atoms with Crippen molar-refractivity contribution in [2.24, 2.45) is 0 Å². The molecule has 0 aliphatic rings. The number of anilines is 1. The van der Waals surface area contributed by atoms with Crippen LogP contribution >= 0.6 is 0 Å². The fourth-order valence-corrected chi connectivity index (χ4v) is 0.541. The van der Waals surface area contributed by atoms with Crippen molar-refractivity contribution in [1.29, 1.82) is 0 Å². The van der Waals surface area contributed by atoms with E-state index < -0.39 is 4.92 Å². The number of nitrogens with zero attached hydrogens (tertiary/aromatic N) is 2. The third-order valence-corrected chi connectivity index (χ3v) is 0.943. The van der Waals surface area contributed by atoms with E-state index in [1.165, 1.54) is 18.2 Å². The summed E-state index contributed by atoms with van der Waals surface area (Å²) in [5.41, 5.74) is 5.18. The van der Waals surface area contributed by atoms with Crippen LogP contribution in [0.15, 0.2) is 18.2 Å². The zero-order valence-electron chi connectivity index (χ0n) is 5.02. The van der Waals surface area contributed by atoms with Crippen LogP contribution in [0.4, 0.5) is 11.6 Å². The van der Waals surface area contributed by atoms with Crippen LogP contribution in [-0.2, 0) is 0 Å². The van der Waals surface area contributed by atoms with E-state index in [2.05, 4.69) is 4.98 Å². The number of hydrogen-bond acceptors (Lipinski definition) is 4. The van der Waals surface area contributed by atoms with Gasteiger partial charge in [-0.25, -0.2) is 0 Å². The molecule has 0 unspecified atom stereocenters. The Morgan fingerprint density at radius 1 is 1.60 bits per heavy atom. The summed E-state index contributed by atoms with van der Waals surface area (Å²) >= 11 is 0. The minimum atomic E-state index is -0.587.